The molecule has 0 amide bonds. The van der Waals surface area contributed by atoms with Crippen molar-refractivity contribution in [3.05, 3.63) is 65.7 Å². The smallest absolute Gasteiger partial charge is 0.339 e. The van der Waals surface area contributed by atoms with Crippen LogP contribution in [0.4, 0.5) is 5.69 Å². The number of rotatable bonds is 8. The number of hydrogen-bond donors (Lipinski definition) is 0. The van der Waals surface area contributed by atoms with Gasteiger partial charge in [-0.15, -0.1) is 6.58 Å². The summed E-state index contributed by atoms with van der Waals surface area (Å²) in [4.78, 5) is 12.0. The molecule has 0 radical (unpaired) electrons. The third-order valence-electron chi connectivity index (χ3n) is 3.68. The van der Waals surface area contributed by atoms with Gasteiger partial charge < -0.3 is 9.47 Å². The van der Waals surface area contributed by atoms with Gasteiger partial charge in [-0.2, -0.15) is 0 Å². The molecule has 0 saturated carbocycles. The molecule has 0 atom stereocenters. The number of ether oxygens (including phenoxy) is 2. The Morgan fingerprint density at radius 1 is 1.22 bits per heavy atom. The molecular weight excluding hydrogens is 390 g/mol. The summed E-state index contributed by atoms with van der Waals surface area (Å²) >= 11 is 6.18. The van der Waals surface area contributed by atoms with Crippen molar-refractivity contribution in [1.82, 2.24) is 0 Å². The summed E-state index contributed by atoms with van der Waals surface area (Å²) in [6.07, 6.45) is 1.47. The average molecular weight is 410 g/mol. The van der Waals surface area contributed by atoms with E-state index in [1.54, 1.807) is 19.1 Å². The van der Waals surface area contributed by atoms with Gasteiger partial charge in [0.15, 0.2) is 0 Å². The van der Waals surface area contributed by atoms with E-state index in [1.165, 1.54) is 43.5 Å². The van der Waals surface area contributed by atoms with Gasteiger partial charge >= 0.3 is 5.97 Å². The van der Waals surface area contributed by atoms with Crippen LogP contribution in [0.2, 0.25) is 5.02 Å². The Hall–Kier alpha value is -2.51. The number of methoxy groups -OCH3 is 1. The maximum absolute atomic E-state index is 13.1. The Morgan fingerprint density at radius 3 is 2.41 bits per heavy atom. The first kappa shape index (κ1) is 20.8. The summed E-state index contributed by atoms with van der Waals surface area (Å²) in [6.45, 7) is 5.55. The number of anilines is 1. The SMILES string of the molecule is C=CCN(c1ccc(C(=O)OCC)c(Cl)c1)S(=O)(=O)c1ccc(OC)cc1. The van der Waals surface area contributed by atoms with Crippen LogP contribution in [0, 0.1) is 0 Å². The second-order valence-corrected chi connectivity index (χ2v) is 7.65. The Balaban J connectivity index is 2.45. The number of carbonyl (C=O) groups excluding carboxylic acids is 1. The highest BCUT2D eigenvalue weighted by atomic mass is 35.5. The Morgan fingerprint density at radius 2 is 1.89 bits per heavy atom. The van der Waals surface area contributed by atoms with Gasteiger partial charge in [0.25, 0.3) is 10.0 Å². The first-order chi connectivity index (χ1) is 12.8. The fourth-order valence-electron chi connectivity index (χ4n) is 2.37. The molecule has 8 heteroatoms. The van der Waals surface area contributed by atoms with Crippen LogP contribution < -0.4 is 9.04 Å². The number of nitrogens with zero attached hydrogens (tertiary/aromatic N) is 1. The van der Waals surface area contributed by atoms with E-state index in [1.807, 2.05) is 0 Å². The van der Waals surface area contributed by atoms with Gasteiger partial charge in [0.1, 0.15) is 5.75 Å². The topological polar surface area (TPSA) is 72.9 Å². The van der Waals surface area contributed by atoms with Crippen molar-refractivity contribution in [2.24, 2.45) is 0 Å². The molecule has 0 fully saturated rings. The van der Waals surface area contributed by atoms with Gasteiger partial charge in [-0.1, -0.05) is 17.7 Å². The predicted molar refractivity (Wildman–Crippen MR) is 105 cm³/mol. The zero-order valence-corrected chi connectivity index (χ0v) is 16.6. The number of carbonyl (C=O) groups is 1. The van der Waals surface area contributed by atoms with Crippen LogP contribution in [0.3, 0.4) is 0 Å². The lowest BCUT2D eigenvalue weighted by atomic mass is 10.2. The molecule has 27 heavy (non-hydrogen) atoms. The van der Waals surface area contributed by atoms with E-state index in [2.05, 4.69) is 6.58 Å². The maximum atomic E-state index is 13.1. The van der Waals surface area contributed by atoms with Gasteiger partial charge in [0, 0.05) is 0 Å². The highest BCUT2D eigenvalue weighted by Gasteiger charge is 2.25. The number of halogens is 1. The van der Waals surface area contributed by atoms with Crippen LogP contribution in [0.5, 0.6) is 5.75 Å². The standard InChI is InChI=1S/C19H20ClNO5S/c1-4-12-21(27(23,24)16-9-7-15(25-3)8-10-16)14-6-11-17(18(20)13-14)19(22)26-5-2/h4,6-11,13H,1,5,12H2,2-3H3. The number of hydrogen-bond acceptors (Lipinski definition) is 5. The summed E-state index contributed by atoms with van der Waals surface area (Å²) in [5.41, 5.74) is 0.478. The van der Waals surface area contributed by atoms with Gasteiger partial charge in [-0.05, 0) is 49.4 Å². The van der Waals surface area contributed by atoms with Gasteiger partial charge in [0.2, 0.25) is 0 Å². The second-order valence-electron chi connectivity index (χ2n) is 5.38. The summed E-state index contributed by atoms with van der Waals surface area (Å²) in [6, 6.07) is 10.4. The predicted octanol–water partition coefficient (Wildman–Crippen LogP) is 3.91. The summed E-state index contributed by atoms with van der Waals surface area (Å²) < 4.78 is 37.3. The molecule has 0 N–H and O–H groups in total. The maximum Gasteiger partial charge on any atom is 0.339 e. The number of sulfonamides is 1. The minimum atomic E-state index is -3.87. The summed E-state index contributed by atoms with van der Waals surface area (Å²) in [5, 5.41) is 0.102. The van der Waals surface area contributed by atoms with Crippen LogP contribution >= 0.6 is 11.6 Å². The molecule has 0 bridgehead atoms. The van der Waals surface area contributed by atoms with Crippen LogP contribution in [-0.4, -0.2) is 34.6 Å². The molecule has 0 spiro atoms. The zero-order chi connectivity index (χ0) is 20.0. The van der Waals surface area contributed by atoms with Gasteiger partial charge in [0.05, 0.1) is 41.4 Å². The van der Waals surface area contributed by atoms with Crippen LogP contribution in [0.1, 0.15) is 17.3 Å². The summed E-state index contributed by atoms with van der Waals surface area (Å²) in [7, 11) is -2.37. The Kier molecular flexibility index (Phi) is 6.87. The van der Waals surface area contributed by atoms with Crippen LogP contribution in [0.25, 0.3) is 0 Å². The third-order valence-corrected chi connectivity index (χ3v) is 5.80. The van der Waals surface area contributed by atoms with E-state index < -0.39 is 16.0 Å². The Labute approximate surface area is 164 Å². The molecule has 0 aliphatic carbocycles. The number of benzene rings is 2. The van der Waals surface area contributed by atoms with E-state index in [4.69, 9.17) is 21.1 Å². The van der Waals surface area contributed by atoms with Crippen LogP contribution in [-0.2, 0) is 14.8 Å². The van der Waals surface area contributed by atoms with E-state index in [0.29, 0.717) is 11.4 Å². The van der Waals surface area contributed by atoms with Gasteiger partial charge in [-0.3, -0.25) is 4.31 Å². The van der Waals surface area contributed by atoms with Crippen molar-refractivity contribution in [1.29, 1.82) is 0 Å². The molecule has 0 aliphatic rings. The molecule has 2 rings (SSSR count). The third kappa shape index (κ3) is 4.61. The van der Waals surface area contributed by atoms with Crippen molar-refractivity contribution in [2.75, 3.05) is 24.6 Å². The van der Waals surface area contributed by atoms with E-state index in [9.17, 15) is 13.2 Å². The fraction of sp³-hybridized carbons (Fsp3) is 0.211. The Bertz CT molecular complexity index is 926. The van der Waals surface area contributed by atoms with Crippen molar-refractivity contribution in [2.45, 2.75) is 11.8 Å². The normalized spacial score (nSPS) is 10.9. The lowest BCUT2D eigenvalue weighted by Crippen LogP contribution is -2.31. The zero-order valence-electron chi connectivity index (χ0n) is 15.0. The molecule has 0 aromatic heterocycles. The largest absolute Gasteiger partial charge is 0.497 e. The van der Waals surface area contributed by atoms with Crippen molar-refractivity contribution >= 4 is 33.3 Å². The summed E-state index contributed by atoms with van der Waals surface area (Å²) in [5.74, 6) is -0.0200. The molecule has 0 saturated heterocycles. The highest BCUT2D eigenvalue weighted by Crippen LogP contribution is 2.29. The first-order valence-electron chi connectivity index (χ1n) is 8.09. The first-order valence-corrected chi connectivity index (χ1v) is 9.91. The minimum Gasteiger partial charge on any atom is -0.497 e. The lowest BCUT2D eigenvalue weighted by molar-refractivity contribution is 0.0526. The molecule has 6 nitrogen and oxygen atoms in total. The molecule has 0 aliphatic heterocycles. The molecule has 144 valence electrons. The van der Waals surface area contributed by atoms with Crippen molar-refractivity contribution < 1.29 is 22.7 Å². The van der Waals surface area contributed by atoms with Crippen molar-refractivity contribution in [3.8, 4) is 5.75 Å². The molecule has 0 heterocycles. The molecule has 0 unspecified atom stereocenters. The molecule has 2 aromatic carbocycles. The monoisotopic (exact) mass is 409 g/mol. The van der Waals surface area contributed by atoms with E-state index in [-0.39, 0.29) is 28.6 Å². The lowest BCUT2D eigenvalue weighted by Gasteiger charge is -2.23. The van der Waals surface area contributed by atoms with E-state index in [0.717, 1.165) is 4.31 Å². The molecular formula is C19H20ClNO5S. The minimum absolute atomic E-state index is 0.0312. The molecule has 2 aromatic rings. The van der Waals surface area contributed by atoms with E-state index >= 15 is 0 Å². The van der Waals surface area contributed by atoms with Gasteiger partial charge in [-0.25, -0.2) is 13.2 Å². The number of esters is 1. The second kappa shape index (κ2) is 8.92. The fourth-order valence-corrected chi connectivity index (χ4v) is 4.05. The average Bonchev–Trinajstić information content (AvgIpc) is 2.66. The highest BCUT2D eigenvalue weighted by molar-refractivity contribution is 7.92. The van der Waals surface area contributed by atoms with Crippen LogP contribution in [0.15, 0.2) is 60.0 Å². The van der Waals surface area contributed by atoms with Crippen molar-refractivity contribution in [3.63, 3.8) is 0 Å². The quantitative estimate of drug-likeness (QED) is 0.488.